The zero-order valence-electron chi connectivity index (χ0n) is 17.6. The number of nitrogens with zero attached hydrogens (tertiary/aromatic N) is 1. The molecule has 0 radical (unpaired) electrons. The second-order valence-corrected chi connectivity index (χ2v) is 6.98. The van der Waals surface area contributed by atoms with E-state index in [1.54, 1.807) is 50.2 Å². The van der Waals surface area contributed by atoms with Crippen LogP contribution in [0, 0.1) is 27.7 Å². The first-order chi connectivity index (χ1) is 14.2. The summed E-state index contributed by atoms with van der Waals surface area (Å²) in [5.74, 6) is -0.244. The fourth-order valence-electron chi connectivity index (χ4n) is 3.43. The summed E-state index contributed by atoms with van der Waals surface area (Å²) in [5, 5.41) is 0. The van der Waals surface area contributed by atoms with Gasteiger partial charge in [0, 0.05) is 22.6 Å². The number of furan rings is 1. The number of hydrogen-bond donors (Lipinski definition) is 0. The van der Waals surface area contributed by atoms with Crippen LogP contribution in [-0.4, -0.2) is 36.0 Å². The van der Waals surface area contributed by atoms with Crippen LogP contribution in [0.3, 0.4) is 0 Å². The second-order valence-electron chi connectivity index (χ2n) is 6.98. The van der Waals surface area contributed by atoms with Crippen molar-refractivity contribution in [2.75, 3.05) is 13.7 Å². The zero-order valence-corrected chi connectivity index (χ0v) is 17.6. The monoisotopic (exact) mass is 409 g/mol. The average molecular weight is 409 g/mol. The molecule has 7 nitrogen and oxygen atoms in total. The van der Waals surface area contributed by atoms with Gasteiger partial charge < -0.3 is 18.5 Å². The Morgan fingerprint density at radius 1 is 0.933 bits per heavy atom. The van der Waals surface area contributed by atoms with E-state index in [1.807, 2.05) is 18.4 Å². The quantitative estimate of drug-likeness (QED) is 0.449. The van der Waals surface area contributed by atoms with Gasteiger partial charge in [0.05, 0.1) is 12.7 Å². The van der Waals surface area contributed by atoms with E-state index < -0.39 is 11.9 Å². The molecule has 0 saturated heterocycles. The molecule has 30 heavy (non-hydrogen) atoms. The van der Waals surface area contributed by atoms with E-state index >= 15 is 0 Å². The lowest BCUT2D eigenvalue weighted by molar-refractivity contribution is 0.0472. The van der Waals surface area contributed by atoms with E-state index in [4.69, 9.17) is 13.9 Å². The highest BCUT2D eigenvalue weighted by molar-refractivity contribution is 6.00. The van der Waals surface area contributed by atoms with Crippen molar-refractivity contribution in [1.29, 1.82) is 0 Å². The van der Waals surface area contributed by atoms with E-state index in [0.29, 0.717) is 28.2 Å². The lowest BCUT2D eigenvalue weighted by Gasteiger charge is -2.10. The van der Waals surface area contributed by atoms with Gasteiger partial charge in [-0.25, -0.2) is 9.59 Å². The number of hydrogen-bond acceptors (Lipinski definition) is 6. The highest BCUT2D eigenvalue weighted by atomic mass is 16.5. The summed E-state index contributed by atoms with van der Waals surface area (Å²) in [6, 6.07) is 10.2. The third-order valence-corrected chi connectivity index (χ3v) is 4.87. The third-order valence-electron chi connectivity index (χ3n) is 4.87. The van der Waals surface area contributed by atoms with E-state index in [9.17, 15) is 14.4 Å². The maximum absolute atomic E-state index is 12.7. The maximum atomic E-state index is 12.7. The predicted molar refractivity (Wildman–Crippen MR) is 109 cm³/mol. The van der Waals surface area contributed by atoms with Gasteiger partial charge in [0.25, 0.3) is 0 Å². The zero-order chi connectivity index (χ0) is 22.0. The summed E-state index contributed by atoms with van der Waals surface area (Å²) in [6.07, 6.45) is 0. The van der Waals surface area contributed by atoms with Crippen LogP contribution in [0.1, 0.15) is 54.0 Å². The van der Waals surface area contributed by atoms with Gasteiger partial charge in [-0.2, -0.15) is 0 Å². The fourth-order valence-corrected chi connectivity index (χ4v) is 3.43. The number of esters is 2. The number of ketones is 1. The van der Waals surface area contributed by atoms with Crippen molar-refractivity contribution in [1.82, 2.24) is 4.57 Å². The Labute approximate surface area is 174 Å². The number of methoxy groups -OCH3 is 1. The van der Waals surface area contributed by atoms with E-state index in [-0.39, 0.29) is 12.4 Å². The Kier molecular flexibility index (Phi) is 5.91. The molecular weight excluding hydrogens is 386 g/mol. The van der Waals surface area contributed by atoms with Crippen LogP contribution >= 0.6 is 0 Å². The molecule has 0 aliphatic carbocycles. The van der Waals surface area contributed by atoms with Crippen molar-refractivity contribution in [3.8, 4) is 5.69 Å². The minimum atomic E-state index is -0.593. The van der Waals surface area contributed by atoms with Gasteiger partial charge in [0.2, 0.25) is 5.78 Å². The van der Waals surface area contributed by atoms with Crippen molar-refractivity contribution in [2.24, 2.45) is 0 Å². The van der Waals surface area contributed by atoms with Crippen LogP contribution in [0.4, 0.5) is 0 Å². The minimum Gasteiger partial charge on any atom is -0.466 e. The molecule has 3 rings (SSSR count). The van der Waals surface area contributed by atoms with E-state index in [0.717, 1.165) is 17.1 Å². The molecule has 0 amide bonds. The van der Waals surface area contributed by atoms with E-state index in [2.05, 4.69) is 0 Å². The first-order valence-electron chi connectivity index (χ1n) is 9.38. The molecule has 0 atom stereocenters. The van der Waals surface area contributed by atoms with Crippen molar-refractivity contribution in [3.63, 3.8) is 0 Å². The number of carbonyl (C=O) groups is 3. The van der Waals surface area contributed by atoms with Crippen LogP contribution in [0.5, 0.6) is 0 Å². The number of Topliss-reactive ketones (excluding diaryl/α,β-unsaturated/α-hetero) is 1. The Morgan fingerprint density at radius 2 is 1.60 bits per heavy atom. The van der Waals surface area contributed by atoms with Gasteiger partial charge in [-0.05, 0) is 64.1 Å². The smallest absolute Gasteiger partial charge is 0.342 e. The van der Waals surface area contributed by atoms with Crippen molar-refractivity contribution in [2.45, 2.75) is 27.7 Å². The van der Waals surface area contributed by atoms with Crippen LogP contribution in [0.2, 0.25) is 0 Å². The second kappa shape index (κ2) is 8.41. The first-order valence-corrected chi connectivity index (χ1v) is 9.38. The molecule has 2 heterocycles. The summed E-state index contributed by atoms with van der Waals surface area (Å²) in [7, 11) is 1.33. The average Bonchev–Trinajstić information content (AvgIpc) is 3.22. The molecule has 2 aromatic heterocycles. The SMILES string of the molecule is COC(=O)c1ccc(-n2c(C)cc(C(=O)COC(=O)c3cc(C)oc3C)c2C)cc1. The lowest BCUT2D eigenvalue weighted by atomic mass is 10.1. The summed E-state index contributed by atoms with van der Waals surface area (Å²) in [5.41, 5.74) is 3.59. The van der Waals surface area contributed by atoms with Gasteiger partial charge in [0.1, 0.15) is 17.1 Å². The predicted octanol–water partition coefficient (Wildman–Crippen LogP) is 4.13. The molecule has 0 saturated carbocycles. The molecule has 0 N–H and O–H groups in total. The number of carbonyl (C=O) groups excluding carboxylic acids is 3. The van der Waals surface area contributed by atoms with Crippen molar-refractivity contribution >= 4 is 17.7 Å². The highest BCUT2D eigenvalue weighted by Gasteiger charge is 2.20. The minimum absolute atomic E-state index is 0.299. The van der Waals surface area contributed by atoms with Crippen molar-refractivity contribution in [3.05, 3.63) is 76.0 Å². The van der Waals surface area contributed by atoms with Crippen LogP contribution in [-0.2, 0) is 9.47 Å². The molecule has 0 aliphatic heterocycles. The molecule has 1 aromatic carbocycles. The maximum Gasteiger partial charge on any atom is 0.342 e. The topological polar surface area (TPSA) is 87.7 Å². The van der Waals surface area contributed by atoms with Gasteiger partial charge in [-0.15, -0.1) is 0 Å². The number of rotatable bonds is 6. The number of aryl methyl sites for hydroxylation is 3. The molecule has 3 aromatic rings. The molecule has 0 fully saturated rings. The van der Waals surface area contributed by atoms with Crippen molar-refractivity contribution < 1.29 is 28.3 Å². The van der Waals surface area contributed by atoms with E-state index in [1.165, 1.54) is 7.11 Å². The summed E-state index contributed by atoms with van der Waals surface area (Å²) < 4.78 is 17.1. The Bertz CT molecular complexity index is 1120. The highest BCUT2D eigenvalue weighted by Crippen LogP contribution is 2.22. The number of aromatic nitrogens is 1. The Hall–Kier alpha value is -3.61. The molecular formula is C23H23NO6. The van der Waals surface area contributed by atoms with Crippen LogP contribution < -0.4 is 0 Å². The summed E-state index contributed by atoms with van der Waals surface area (Å²) in [6.45, 7) is 6.74. The molecule has 0 unspecified atom stereocenters. The molecule has 0 bridgehead atoms. The third kappa shape index (κ3) is 4.05. The summed E-state index contributed by atoms with van der Waals surface area (Å²) in [4.78, 5) is 36.5. The van der Waals surface area contributed by atoms with Gasteiger partial charge >= 0.3 is 11.9 Å². The fraction of sp³-hybridized carbons (Fsp3) is 0.261. The molecule has 7 heteroatoms. The lowest BCUT2D eigenvalue weighted by Crippen LogP contribution is -2.15. The number of ether oxygens (including phenoxy) is 2. The number of benzene rings is 1. The standard InChI is InChI=1S/C23H23NO6/c1-13-10-19(21(25)12-29-23(27)20-11-14(2)30-16(20)4)15(3)24(13)18-8-6-17(7-9-18)22(26)28-5/h6-11H,12H2,1-5H3. The first kappa shape index (κ1) is 21.1. The summed E-state index contributed by atoms with van der Waals surface area (Å²) >= 11 is 0. The largest absolute Gasteiger partial charge is 0.466 e. The van der Waals surface area contributed by atoms with Gasteiger partial charge in [0.15, 0.2) is 6.61 Å². The Balaban J connectivity index is 1.77. The van der Waals surface area contributed by atoms with Crippen LogP contribution in [0.15, 0.2) is 40.8 Å². The molecule has 156 valence electrons. The Morgan fingerprint density at radius 3 is 2.17 bits per heavy atom. The van der Waals surface area contributed by atoms with Crippen LogP contribution in [0.25, 0.3) is 5.69 Å². The van der Waals surface area contributed by atoms with Gasteiger partial charge in [-0.1, -0.05) is 0 Å². The van der Waals surface area contributed by atoms with Gasteiger partial charge in [-0.3, -0.25) is 4.79 Å². The molecule has 0 aliphatic rings. The molecule has 0 spiro atoms. The normalized spacial score (nSPS) is 10.7.